The summed E-state index contributed by atoms with van der Waals surface area (Å²) in [5.41, 5.74) is 1.26. The van der Waals surface area contributed by atoms with Crippen LogP contribution in [-0.2, 0) is 4.79 Å². The molecular weight excluding hydrogens is 258 g/mol. The average molecular weight is 277 g/mol. The third-order valence-electron chi connectivity index (χ3n) is 3.48. The molecular formula is C15H19NO4. The molecule has 0 bridgehead atoms. The van der Waals surface area contributed by atoms with Crippen molar-refractivity contribution in [3.8, 4) is 5.75 Å². The number of methoxy groups -OCH3 is 1. The number of carboxylic acids is 1. The van der Waals surface area contributed by atoms with Gasteiger partial charge in [-0.1, -0.05) is 18.2 Å². The van der Waals surface area contributed by atoms with E-state index in [-0.39, 0.29) is 0 Å². The van der Waals surface area contributed by atoms with Gasteiger partial charge >= 0.3 is 5.97 Å². The van der Waals surface area contributed by atoms with Gasteiger partial charge in [0.1, 0.15) is 5.75 Å². The number of benzene rings is 1. The van der Waals surface area contributed by atoms with E-state index in [0.29, 0.717) is 37.4 Å². The number of β-amino-alcohol motifs (C(OH)–C–C–N with tert-alkyl or cyclic N) is 1. The molecule has 2 rings (SSSR count). The highest BCUT2D eigenvalue weighted by Crippen LogP contribution is 2.21. The molecule has 0 radical (unpaired) electrons. The molecule has 1 unspecified atom stereocenters. The number of nitrogens with zero attached hydrogens (tertiary/aromatic N) is 1. The van der Waals surface area contributed by atoms with Crippen LogP contribution in [0.4, 0.5) is 0 Å². The summed E-state index contributed by atoms with van der Waals surface area (Å²) in [4.78, 5) is 12.9. The van der Waals surface area contributed by atoms with E-state index in [1.165, 1.54) is 0 Å². The van der Waals surface area contributed by atoms with Crippen molar-refractivity contribution < 1.29 is 19.7 Å². The van der Waals surface area contributed by atoms with Crippen LogP contribution >= 0.6 is 0 Å². The topological polar surface area (TPSA) is 70.0 Å². The van der Waals surface area contributed by atoms with Gasteiger partial charge in [-0.05, 0) is 24.1 Å². The lowest BCUT2D eigenvalue weighted by atomic mass is 10.1. The third-order valence-corrected chi connectivity index (χ3v) is 3.48. The minimum Gasteiger partial charge on any atom is -0.497 e. The zero-order chi connectivity index (χ0) is 14.5. The van der Waals surface area contributed by atoms with Crippen molar-refractivity contribution >= 4 is 5.97 Å². The predicted molar refractivity (Wildman–Crippen MR) is 74.7 cm³/mol. The molecule has 0 aromatic heterocycles. The van der Waals surface area contributed by atoms with E-state index in [1.54, 1.807) is 13.2 Å². The van der Waals surface area contributed by atoms with Crippen molar-refractivity contribution in [2.75, 3.05) is 26.7 Å². The first-order valence-corrected chi connectivity index (χ1v) is 6.57. The minimum absolute atomic E-state index is 0.456. The molecule has 1 heterocycles. The third kappa shape index (κ3) is 3.59. The standard InChI is InChI=1S/C15H19NO4/c1-20-13-4-2-3-12(9-13)14(17)10-16-7-5-11(6-8-16)15(18)19/h2-5,9,14,17H,6-8,10H2,1H3,(H,18,19). The van der Waals surface area contributed by atoms with E-state index >= 15 is 0 Å². The maximum atomic E-state index is 10.8. The molecule has 0 aliphatic carbocycles. The first kappa shape index (κ1) is 14.6. The summed E-state index contributed by atoms with van der Waals surface area (Å²) >= 11 is 0. The number of hydrogen-bond acceptors (Lipinski definition) is 4. The van der Waals surface area contributed by atoms with Crippen LogP contribution in [0.15, 0.2) is 35.9 Å². The van der Waals surface area contributed by atoms with Crippen molar-refractivity contribution in [3.63, 3.8) is 0 Å². The highest BCUT2D eigenvalue weighted by Gasteiger charge is 2.19. The summed E-state index contributed by atoms with van der Waals surface area (Å²) in [6.07, 6.45) is 1.62. The second-order valence-corrected chi connectivity index (χ2v) is 4.84. The number of carbonyl (C=O) groups is 1. The molecule has 5 nitrogen and oxygen atoms in total. The molecule has 108 valence electrons. The van der Waals surface area contributed by atoms with E-state index in [1.807, 2.05) is 29.2 Å². The number of hydrogen-bond donors (Lipinski definition) is 2. The molecule has 0 saturated carbocycles. The number of rotatable bonds is 5. The van der Waals surface area contributed by atoms with E-state index in [4.69, 9.17) is 9.84 Å². The van der Waals surface area contributed by atoms with Gasteiger partial charge in [0.2, 0.25) is 0 Å². The summed E-state index contributed by atoms with van der Waals surface area (Å²) < 4.78 is 5.14. The van der Waals surface area contributed by atoms with Gasteiger partial charge in [0, 0.05) is 25.2 Å². The predicted octanol–water partition coefficient (Wildman–Crippen LogP) is 1.45. The first-order chi connectivity index (χ1) is 9.60. The Morgan fingerprint density at radius 2 is 2.30 bits per heavy atom. The number of aliphatic hydroxyl groups excluding tert-OH is 1. The molecule has 1 atom stereocenters. The van der Waals surface area contributed by atoms with E-state index in [2.05, 4.69) is 0 Å². The van der Waals surface area contributed by atoms with E-state index in [0.717, 1.165) is 5.56 Å². The zero-order valence-corrected chi connectivity index (χ0v) is 11.5. The number of aliphatic carboxylic acids is 1. The fourth-order valence-electron chi connectivity index (χ4n) is 2.27. The second-order valence-electron chi connectivity index (χ2n) is 4.84. The summed E-state index contributed by atoms with van der Waals surface area (Å²) in [6, 6.07) is 7.35. The highest BCUT2D eigenvalue weighted by atomic mass is 16.5. The van der Waals surface area contributed by atoms with Crippen LogP contribution in [0.1, 0.15) is 18.1 Å². The van der Waals surface area contributed by atoms with Crippen LogP contribution in [0.2, 0.25) is 0 Å². The number of aliphatic hydroxyl groups is 1. The first-order valence-electron chi connectivity index (χ1n) is 6.57. The number of carboxylic acid groups (broad SMARTS) is 1. The Bertz CT molecular complexity index is 512. The second kappa shape index (κ2) is 6.54. The van der Waals surface area contributed by atoms with Crippen LogP contribution in [0, 0.1) is 0 Å². The maximum absolute atomic E-state index is 10.8. The average Bonchev–Trinajstić information content (AvgIpc) is 2.47. The Morgan fingerprint density at radius 1 is 1.50 bits per heavy atom. The largest absolute Gasteiger partial charge is 0.497 e. The fourth-order valence-corrected chi connectivity index (χ4v) is 2.27. The van der Waals surface area contributed by atoms with Crippen LogP contribution in [0.3, 0.4) is 0 Å². The Morgan fingerprint density at radius 3 is 2.90 bits per heavy atom. The van der Waals surface area contributed by atoms with E-state index < -0.39 is 12.1 Å². The lowest BCUT2D eigenvalue weighted by molar-refractivity contribution is -0.133. The summed E-state index contributed by atoms with van der Waals surface area (Å²) in [5, 5.41) is 19.1. The van der Waals surface area contributed by atoms with Crippen molar-refractivity contribution in [1.82, 2.24) is 4.90 Å². The van der Waals surface area contributed by atoms with Gasteiger partial charge in [0.05, 0.1) is 13.2 Å². The molecule has 0 saturated heterocycles. The van der Waals surface area contributed by atoms with Crippen molar-refractivity contribution in [2.24, 2.45) is 0 Å². The van der Waals surface area contributed by atoms with Gasteiger partial charge in [-0.3, -0.25) is 4.90 Å². The maximum Gasteiger partial charge on any atom is 0.331 e. The van der Waals surface area contributed by atoms with Gasteiger partial charge in [-0.15, -0.1) is 0 Å². The summed E-state index contributed by atoms with van der Waals surface area (Å²) in [6.45, 7) is 1.69. The van der Waals surface area contributed by atoms with Gasteiger partial charge in [-0.25, -0.2) is 4.79 Å². The van der Waals surface area contributed by atoms with Crippen LogP contribution in [0.25, 0.3) is 0 Å². The monoisotopic (exact) mass is 277 g/mol. The van der Waals surface area contributed by atoms with Crippen molar-refractivity contribution in [1.29, 1.82) is 0 Å². The zero-order valence-electron chi connectivity index (χ0n) is 11.5. The molecule has 1 aliphatic heterocycles. The van der Waals surface area contributed by atoms with Crippen LogP contribution in [-0.4, -0.2) is 47.8 Å². The molecule has 0 fully saturated rings. The summed E-state index contributed by atoms with van der Waals surface area (Å²) in [5.74, 6) is -0.133. The van der Waals surface area contributed by atoms with E-state index in [9.17, 15) is 9.90 Å². The van der Waals surface area contributed by atoms with Crippen LogP contribution in [0.5, 0.6) is 5.75 Å². The lowest BCUT2D eigenvalue weighted by Crippen LogP contribution is -2.33. The Kier molecular flexibility index (Phi) is 4.76. The smallest absolute Gasteiger partial charge is 0.331 e. The van der Waals surface area contributed by atoms with Crippen molar-refractivity contribution in [3.05, 3.63) is 41.5 Å². The van der Waals surface area contributed by atoms with Gasteiger partial charge in [-0.2, -0.15) is 0 Å². The Labute approximate surface area is 118 Å². The summed E-state index contributed by atoms with van der Waals surface area (Å²) in [7, 11) is 1.59. The molecule has 2 N–H and O–H groups in total. The van der Waals surface area contributed by atoms with Gasteiger partial charge in [0.25, 0.3) is 0 Å². The molecule has 1 aromatic rings. The Balaban J connectivity index is 1.95. The number of ether oxygens (including phenoxy) is 1. The van der Waals surface area contributed by atoms with Gasteiger partial charge in [0.15, 0.2) is 0 Å². The molecule has 20 heavy (non-hydrogen) atoms. The molecule has 1 aromatic carbocycles. The normalized spacial score (nSPS) is 17.4. The highest BCUT2D eigenvalue weighted by molar-refractivity contribution is 5.86. The quantitative estimate of drug-likeness (QED) is 0.852. The van der Waals surface area contributed by atoms with Crippen molar-refractivity contribution in [2.45, 2.75) is 12.5 Å². The van der Waals surface area contributed by atoms with Gasteiger partial charge < -0.3 is 14.9 Å². The SMILES string of the molecule is COc1cccc(C(O)CN2CC=C(C(=O)O)CC2)c1. The fraction of sp³-hybridized carbons (Fsp3) is 0.400. The molecule has 1 aliphatic rings. The molecule has 0 spiro atoms. The Hall–Kier alpha value is -1.85. The lowest BCUT2D eigenvalue weighted by Gasteiger charge is -2.27. The minimum atomic E-state index is -0.849. The molecule has 0 amide bonds. The molecule has 5 heteroatoms. The van der Waals surface area contributed by atoms with Crippen LogP contribution < -0.4 is 4.74 Å².